The third-order valence-corrected chi connectivity index (χ3v) is 4.68. The number of rotatable bonds is 2. The molecule has 1 aromatic carbocycles. The Morgan fingerprint density at radius 3 is 3.06 bits per heavy atom. The van der Waals surface area contributed by atoms with Gasteiger partial charge in [0, 0.05) is 18.2 Å². The monoisotopic (exact) mass is 237 g/mol. The second-order valence-corrected chi connectivity index (χ2v) is 5.95. The van der Waals surface area contributed by atoms with Gasteiger partial charge in [0.25, 0.3) is 8.53 Å². The van der Waals surface area contributed by atoms with Gasteiger partial charge in [-0.3, -0.25) is 0 Å². The number of nitrogens with zero attached hydrogens (tertiary/aromatic N) is 1. The van der Waals surface area contributed by atoms with E-state index < -0.39 is 8.53 Å². The van der Waals surface area contributed by atoms with Crippen LogP contribution >= 0.6 is 8.53 Å². The van der Waals surface area contributed by atoms with Crippen LogP contribution in [0.25, 0.3) is 0 Å². The molecule has 3 nitrogen and oxygen atoms in total. The molecule has 0 unspecified atom stereocenters. The summed E-state index contributed by atoms with van der Waals surface area (Å²) in [6.45, 7) is 5.96. The number of hydrogen-bond donors (Lipinski definition) is 0. The molecule has 1 fully saturated rings. The molecule has 0 saturated carbocycles. The normalized spacial score (nSPS) is 27.3. The molecule has 2 aliphatic rings. The van der Waals surface area contributed by atoms with Crippen LogP contribution in [0.1, 0.15) is 25.3 Å². The molecule has 1 saturated heterocycles. The van der Waals surface area contributed by atoms with E-state index in [0.29, 0.717) is 5.92 Å². The van der Waals surface area contributed by atoms with Gasteiger partial charge in [0.05, 0.1) is 12.7 Å². The lowest BCUT2D eigenvalue weighted by atomic mass is 10.0. The average molecular weight is 237 g/mol. The minimum atomic E-state index is -0.886. The van der Waals surface area contributed by atoms with Crippen LogP contribution in [-0.2, 0) is 9.05 Å². The highest BCUT2D eigenvalue weighted by molar-refractivity contribution is 7.49. The van der Waals surface area contributed by atoms with E-state index in [4.69, 9.17) is 9.05 Å². The first kappa shape index (κ1) is 10.5. The molecule has 3 rings (SSSR count). The third-order valence-electron chi connectivity index (χ3n) is 2.93. The number of benzene rings is 1. The van der Waals surface area contributed by atoms with Gasteiger partial charge in [-0.1, -0.05) is 18.2 Å². The summed E-state index contributed by atoms with van der Waals surface area (Å²) in [5.74, 6) is 0.533. The maximum atomic E-state index is 5.85. The summed E-state index contributed by atoms with van der Waals surface area (Å²) in [6, 6.07) is 8.56. The van der Waals surface area contributed by atoms with Gasteiger partial charge < -0.3 is 13.7 Å². The highest BCUT2D eigenvalue weighted by Crippen LogP contribution is 2.57. The van der Waals surface area contributed by atoms with Crippen LogP contribution in [0.2, 0.25) is 0 Å². The fourth-order valence-corrected chi connectivity index (χ4v) is 3.93. The SMILES string of the molecule is CC(C)O[P@]1OC[C@H]2CN1c1ccccc12. The highest BCUT2D eigenvalue weighted by Gasteiger charge is 2.40. The summed E-state index contributed by atoms with van der Waals surface area (Å²) < 4.78 is 14.0. The molecule has 0 aromatic heterocycles. The topological polar surface area (TPSA) is 21.7 Å². The zero-order valence-corrected chi connectivity index (χ0v) is 10.5. The number of para-hydroxylation sites is 1. The van der Waals surface area contributed by atoms with Crippen molar-refractivity contribution >= 4 is 14.2 Å². The van der Waals surface area contributed by atoms with E-state index in [2.05, 4.69) is 42.8 Å². The standard InChI is InChI=1S/C12H16NO2P/c1-9(2)15-16-13-7-10(8-14-16)11-5-3-4-6-12(11)13/h3-6,9-10H,7-8H2,1-2H3/t10-,16+/m1/s1. The molecule has 16 heavy (non-hydrogen) atoms. The summed E-state index contributed by atoms with van der Waals surface area (Å²) >= 11 is 0. The van der Waals surface area contributed by atoms with Gasteiger partial charge in [0.2, 0.25) is 0 Å². The molecule has 1 aromatic rings. The van der Waals surface area contributed by atoms with Gasteiger partial charge in [0.15, 0.2) is 0 Å². The summed E-state index contributed by atoms with van der Waals surface area (Å²) in [5.41, 5.74) is 2.72. The molecule has 2 atom stereocenters. The summed E-state index contributed by atoms with van der Waals surface area (Å²) in [4.78, 5) is 0. The number of fused-ring (bicyclic) bond motifs is 5. The van der Waals surface area contributed by atoms with Crippen LogP contribution < -0.4 is 4.67 Å². The molecule has 0 N–H and O–H groups in total. The molecule has 0 radical (unpaired) electrons. The van der Waals surface area contributed by atoms with Gasteiger partial charge in [-0.25, -0.2) is 0 Å². The molecule has 2 aliphatic heterocycles. The van der Waals surface area contributed by atoms with Gasteiger partial charge in [-0.05, 0) is 25.5 Å². The Kier molecular flexibility index (Phi) is 2.62. The third kappa shape index (κ3) is 1.64. The second-order valence-electron chi connectivity index (χ2n) is 4.53. The van der Waals surface area contributed by atoms with Crippen molar-refractivity contribution in [1.29, 1.82) is 0 Å². The predicted octanol–water partition coefficient (Wildman–Crippen LogP) is 3.27. The van der Waals surface area contributed by atoms with Crippen LogP contribution in [0, 0.1) is 0 Å². The Labute approximate surface area is 97.3 Å². The fourth-order valence-electron chi connectivity index (χ4n) is 2.26. The van der Waals surface area contributed by atoms with Crippen molar-refractivity contribution in [2.45, 2.75) is 25.9 Å². The Bertz CT molecular complexity index is 396. The molecule has 0 spiro atoms. The molecule has 86 valence electrons. The van der Waals surface area contributed by atoms with E-state index in [1.165, 1.54) is 11.3 Å². The molecule has 0 amide bonds. The van der Waals surface area contributed by atoms with Crippen molar-refractivity contribution in [3.05, 3.63) is 29.8 Å². The van der Waals surface area contributed by atoms with Crippen molar-refractivity contribution in [1.82, 2.24) is 0 Å². The summed E-state index contributed by atoms with van der Waals surface area (Å²) in [7, 11) is -0.886. The first-order chi connectivity index (χ1) is 7.75. The van der Waals surface area contributed by atoms with Crippen molar-refractivity contribution in [2.24, 2.45) is 0 Å². The minimum Gasteiger partial charge on any atom is -0.317 e. The lowest BCUT2D eigenvalue weighted by Crippen LogP contribution is -2.26. The van der Waals surface area contributed by atoms with Crippen LogP contribution in [0.3, 0.4) is 0 Å². The maximum absolute atomic E-state index is 5.85. The smallest absolute Gasteiger partial charge is 0.290 e. The van der Waals surface area contributed by atoms with Crippen LogP contribution in [0.4, 0.5) is 5.69 Å². The predicted molar refractivity (Wildman–Crippen MR) is 65.6 cm³/mol. The molecular weight excluding hydrogens is 221 g/mol. The van der Waals surface area contributed by atoms with Crippen molar-refractivity contribution in [2.75, 3.05) is 17.8 Å². The second kappa shape index (κ2) is 3.99. The molecule has 2 heterocycles. The lowest BCUT2D eigenvalue weighted by Gasteiger charge is -2.32. The Morgan fingerprint density at radius 1 is 1.44 bits per heavy atom. The fraction of sp³-hybridized carbons (Fsp3) is 0.500. The van der Waals surface area contributed by atoms with Crippen molar-refractivity contribution in [3.8, 4) is 0 Å². The quantitative estimate of drug-likeness (QED) is 0.737. The first-order valence-corrected chi connectivity index (χ1v) is 6.85. The van der Waals surface area contributed by atoms with E-state index in [9.17, 15) is 0 Å². The first-order valence-electron chi connectivity index (χ1n) is 5.72. The van der Waals surface area contributed by atoms with E-state index >= 15 is 0 Å². The maximum Gasteiger partial charge on any atom is 0.290 e. The van der Waals surface area contributed by atoms with Crippen LogP contribution in [0.5, 0.6) is 0 Å². The Morgan fingerprint density at radius 2 is 2.25 bits per heavy atom. The van der Waals surface area contributed by atoms with Crippen molar-refractivity contribution in [3.63, 3.8) is 0 Å². The number of anilines is 1. The lowest BCUT2D eigenvalue weighted by molar-refractivity contribution is 0.189. The largest absolute Gasteiger partial charge is 0.317 e. The Balaban J connectivity index is 1.90. The van der Waals surface area contributed by atoms with Crippen LogP contribution in [0.15, 0.2) is 24.3 Å². The van der Waals surface area contributed by atoms with E-state index in [1.807, 2.05) is 0 Å². The average Bonchev–Trinajstić information content (AvgIpc) is 2.58. The Hall–Kier alpha value is -0.630. The van der Waals surface area contributed by atoms with E-state index in [1.54, 1.807) is 0 Å². The molecular formula is C12H16NO2P. The molecule has 2 bridgehead atoms. The summed E-state index contributed by atoms with van der Waals surface area (Å²) in [5, 5.41) is 0. The van der Waals surface area contributed by atoms with E-state index in [0.717, 1.165) is 13.2 Å². The molecule has 0 aliphatic carbocycles. The highest BCUT2D eigenvalue weighted by atomic mass is 31.2. The minimum absolute atomic E-state index is 0.218. The van der Waals surface area contributed by atoms with Gasteiger partial charge in [0.1, 0.15) is 0 Å². The van der Waals surface area contributed by atoms with Crippen molar-refractivity contribution < 1.29 is 9.05 Å². The van der Waals surface area contributed by atoms with Gasteiger partial charge in [-0.2, -0.15) is 0 Å². The van der Waals surface area contributed by atoms with E-state index in [-0.39, 0.29) is 6.10 Å². The summed E-state index contributed by atoms with van der Waals surface area (Å²) in [6.07, 6.45) is 0.218. The zero-order valence-electron chi connectivity index (χ0n) is 9.59. The van der Waals surface area contributed by atoms with Gasteiger partial charge in [-0.15, -0.1) is 0 Å². The zero-order chi connectivity index (χ0) is 11.1. The molecule has 4 heteroatoms. The van der Waals surface area contributed by atoms with Crippen LogP contribution in [-0.4, -0.2) is 19.3 Å². The van der Waals surface area contributed by atoms with Gasteiger partial charge >= 0.3 is 0 Å². The number of hydrogen-bond acceptors (Lipinski definition) is 3.